The number of aryl methyl sites for hydroxylation is 1. The number of nitrogens with one attached hydrogen (secondary N) is 1. The maximum absolute atomic E-state index is 12.5. The molecule has 1 aromatic carbocycles. The molecule has 32 heavy (non-hydrogen) atoms. The Morgan fingerprint density at radius 1 is 1.09 bits per heavy atom. The number of pyridine rings is 1. The van der Waals surface area contributed by atoms with Crippen LogP contribution in [-0.2, 0) is 10.5 Å². The normalized spacial score (nSPS) is 14.3. The topological polar surface area (TPSA) is 91.6 Å². The molecule has 1 aliphatic heterocycles. The van der Waals surface area contributed by atoms with Crippen molar-refractivity contribution in [1.82, 2.24) is 19.9 Å². The molecule has 1 aliphatic rings. The molecule has 8 nitrogen and oxygen atoms in total. The fourth-order valence-corrected chi connectivity index (χ4v) is 4.27. The molecule has 1 saturated heterocycles. The summed E-state index contributed by atoms with van der Waals surface area (Å²) >= 11 is 1.66. The summed E-state index contributed by atoms with van der Waals surface area (Å²) in [4.78, 5) is 33.1. The minimum absolute atomic E-state index is 0.0647. The zero-order valence-electron chi connectivity index (χ0n) is 17.9. The van der Waals surface area contributed by atoms with Crippen LogP contribution in [0.2, 0.25) is 0 Å². The van der Waals surface area contributed by atoms with Gasteiger partial charge in [-0.15, -0.1) is 11.8 Å². The summed E-state index contributed by atoms with van der Waals surface area (Å²) in [5.41, 5.74) is 2.58. The number of carbonyl (C=O) groups is 2. The first-order valence-corrected chi connectivity index (χ1v) is 11.4. The average molecular weight is 452 g/mol. The molecule has 0 radical (unpaired) electrons. The molecule has 4 rings (SSSR count). The smallest absolute Gasteiger partial charge is 0.292 e. The summed E-state index contributed by atoms with van der Waals surface area (Å²) in [6, 6.07) is 15.4. The van der Waals surface area contributed by atoms with E-state index in [0.717, 1.165) is 22.0 Å². The molecule has 0 atom stereocenters. The SMILES string of the molecule is Cc1cc(C(=O)N2CCN(CC(=O)Nc3cccc(CSc4ccccn4)c3)CC2)on1. The monoisotopic (exact) mass is 451 g/mol. The van der Waals surface area contributed by atoms with Gasteiger partial charge in [-0.1, -0.05) is 23.4 Å². The quantitative estimate of drug-likeness (QED) is 0.552. The summed E-state index contributed by atoms with van der Waals surface area (Å²) < 4.78 is 5.07. The molecule has 1 fully saturated rings. The Morgan fingerprint density at radius 3 is 2.66 bits per heavy atom. The predicted octanol–water partition coefficient (Wildman–Crippen LogP) is 3.07. The summed E-state index contributed by atoms with van der Waals surface area (Å²) in [5, 5.41) is 7.72. The van der Waals surface area contributed by atoms with E-state index in [1.165, 1.54) is 0 Å². The summed E-state index contributed by atoms with van der Waals surface area (Å²) in [6.07, 6.45) is 1.78. The number of benzene rings is 1. The number of anilines is 1. The number of nitrogens with zero attached hydrogens (tertiary/aromatic N) is 4. The number of carbonyl (C=O) groups excluding carboxylic acids is 2. The van der Waals surface area contributed by atoms with Crippen LogP contribution >= 0.6 is 11.8 Å². The van der Waals surface area contributed by atoms with E-state index in [2.05, 4.69) is 15.5 Å². The van der Waals surface area contributed by atoms with Gasteiger partial charge in [-0.3, -0.25) is 14.5 Å². The zero-order valence-corrected chi connectivity index (χ0v) is 18.7. The lowest BCUT2D eigenvalue weighted by Gasteiger charge is -2.33. The Balaban J connectivity index is 1.23. The number of hydrogen-bond acceptors (Lipinski definition) is 7. The molecule has 166 valence electrons. The molecule has 2 aromatic heterocycles. The molecular formula is C23H25N5O3S. The van der Waals surface area contributed by atoms with Crippen molar-refractivity contribution in [3.05, 3.63) is 71.7 Å². The van der Waals surface area contributed by atoms with E-state index < -0.39 is 0 Å². The van der Waals surface area contributed by atoms with Crippen molar-refractivity contribution in [3.8, 4) is 0 Å². The molecule has 1 N–H and O–H groups in total. The van der Waals surface area contributed by atoms with Crippen LogP contribution in [0.25, 0.3) is 0 Å². The molecule has 9 heteroatoms. The Bertz CT molecular complexity index is 1060. The lowest BCUT2D eigenvalue weighted by atomic mass is 10.2. The minimum atomic E-state index is -0.157. The van der Waals surface area contributed by atoms with Crippen molar-refractivity contribution in [1.29, 1.82) is 0 Å². The summed E-state index contributed by atoms with van der Waals surface area (Å²) in [5.74, 6) is 0.816. The van der Waals surface area contributed by atoms with Crippen LogP contribution in [0, 0.1) is 6.92 Å². The van der Waals surface area contributed by atoms with E-state index in [9.17, 15) is 9.59 Å². The number of hydrogen-bond donors (Lipinski definition) is 1. The van der Waals surface area contributed by atoms with E-state index in [1.807, 2.05) is 47.4 Å². The van der Waals surface area contributed by atoms with Crippen LogP contribution < -0.4 is 5.32 Å². The van der Waals surface area contributed by atoms with Gasteiger partial charge < -0.3 is 14.7 Å². The van der Waals surface area contributed by atoms with Crippen LogP contribution in [0.1, 0.15) is 21.8 Å². The largest absolute Gasteiger partial charge is 0.351 e. The lowest BCUT2D eigenvalue weighted by molar-refractivity contribution is -0.117. The maximum Gasteiger partial charge on any atom is 0.292 e. The van der Waals surface area contributed by atoms with Crippen molar-refractivity contribution in [3.63, 3.8) is 0 Å². The zero-order chi connectivity index (χ0) is 22.3. The lowest BCUT2D eigenvalue weighted by Crippen LogP contribution is -2.50. The van der Waals surface area contributed by atoms with E-state index >= 15 is 0 Å². The molecule has 0 saturated carbocycles. The molecule has 0 spiro atoms. The predicted molar refractivity (Wildman–Crippen MR) is 122 cm³/mol. The van der Waals surface area contributed by atoms with E-state index in [4.69, 9.17) is 4.52 Å². The standard InChI is InChI=1S/C23H25N5O3S/c1-17-13-20(31-26-17)23(30)28-11-9-27(10-12-28)15-21(29)25-19-6-4-5-18(14-19)16-32-22-7-2-3-8-24-22/h2-8,13-14H,9-12,15-16H2,1H3,(H,25,29). The highest BCUT2D eigenvalue weighted by atomic mass is 32.2. The van der Waals surface area contributed by atoms with Crippen LogP contribution in [0.3, 0.4) is 0 Å². The van der Waals surface area contributed by atoms with Crippen molar-refractivity contribution >= 4 is 29.3 Å². The average Bonchev–Trinajstić information content (AvgIpc) is 3.25. The highest BCUT2D eigenvalue weighted by Crippen LogP contribution is 2.22. The maximum atomic E-state index is 12.5. The van der Waals surface area contributed by atoms with Crippen molar-refractivity contribution in [2.45, 2.75) is 17.7 Å². The number of amides is 2. The molecule has 3 aromatic rings. The van der Waals surface area contributed by atoms with Gasteiger partial charge in [-0.05, 0) is 36.8 Å². The Hall–Kier alpha value is -3.17. The number of piperazine rings is 1. The summed E-state index contributed by atoms with van der Waals surface area (Å²) in [6.45, 7) is 4.43. The van der Waals surface area contributed by atoms with Gasteiger partial charge in [0.05, 0.1) is 17.3 Å². The van der Waals surface area contributed by atoms with Crippen molar-refractivity contribution in [2.24, 2.45) is 0 Å². The fraction of sp³-hybridized carbons (Fsp3) is 0.304. The van der Waals surface area contributed by atoms with Gasteiger partial charge in [0, 0.05) is 49.9 Å². The van der Waals surface area contributed by atoms with E-state index in [0.29, 0.717) is 31.9 Å². The Labute approximate surface area is 191 Å². The number of thioether (sulfide) groups is 1. The second kappa shape index (κ2) is 10.4. The first-order chi connectivity index (χ1) is 15.6. The molecule has 2 amide bonds. The van der Waals surface area contributed by atoms with Gasteiger partial charge >= 0.3 is 0 Å². The van der Waals surface area contributed by atoms with Crippen LogP contribution in [-0.4, -0.2) is 64.5 Å². The first-order valence-electron chi connectivity index (χ1n) is 10.4. The van der Waals surface area contributed by atoms with Gasteiger partial charge in [0.2, 0.25) is 11.7 Å². The van der Waals surface area contributed by atoms with Gasteiger partial charge in [-0.25, -0.2) is 4.98 Å². The van der Waals surface area contributed by atoms with Crippen LogP contribution in [0.4, 0.5) is 5.69 Å². The minimum Gasteiger partial charge on any atom is -0.351 e. The second-order valence-corrected chi connectivity index (χ2v) is 8.60. The fourth-order valence-electron chi connectivity index (χ4n) is 3.46. The van der Waals surface area contributed by atoms with Gasteiger partial charge in [0.15, 0.2) is 0 Å². The third-order valence-corrected chi connectivity index (χ3v) is 6.12. The molecule has 0 aliphatic carbocycles. The van der Waals surface area contributed by atoms with Gasteiger partial charge in [-0.2, -0.15) is 0 Å². The molecule has 0 bridgehead atoms. The molecular weight excluding hydrogens is 426 g/mol. The van der Waals surface area contributed by atoms with E-state index in [-0.39, 0.29) is 24.1 Å². The second-order valence-electron chi connectivity index (χ2n) is 7.61. The third kappa shape index (κ3) is 5.95. The third-order valence-electron chi connectivity index (χ3n) is 5.10. The Morgan fingerprint density at radius 2 is 1.94 bits per heavy atom. The summed E-state index contributed by atoms with van der Waals surface area (Å²) in [7, 11) is 0. The van der Waals surface area contributed by atoms with Crippen LogP contribution in [0.5, 0.6) is 0 Å². The van der Waals surface area contributed by atoms with Crippen molar-refractivity contribution in [2.75, 3.05) is 38.0 Å². The Kier molecular flexibility index (Phi) is 7.18. The molecule has 3 heterocycles. The highest BCUT2D eigenvalue weighted by Gasteiger charge is 2.25. The number of rotatable bonds is 7. The van der Waals surface area contributed by atoms with E-state index in [1.54, 1.807) is 35.8 Å². The van der Waals surface area contributed by atoms with Crippen LogP contribution in [0.15, 0.2) is 64.3 Å². The number of aromatic nitrogens is 2. The van der Waals surface area contributed by atoms with Gasteiger partial charge in [0.25, 0.3) is 5.91 Å². The van der Waals surface area contributed by atoms with Gasteiger partial charge in [0.1, 0.15) is 0 Å². The first kappa shape index (κ1) is 22.0. The highest BCUT2D eigenvalue weighted by molar-refractivity contribution is 7.98. The molecule has 0 unspecified atom stereocenters. The van der Waals surface area contributed by atoms with Crippen molar-refractivity contribution < 1.29 is 14.1 Å².